The largest absolute Gasteiger partial charge is 0.317 e. The number of nitrogens with zero attached hydrogens (tertiary/aromatic N) is 3. The van der Waals surface area contributed by atoms with Gasteiger partial charge in [0.1, 0.15) is 15.9 Å². The van der Waals surface area contributed by atoms with E-state index in [0.717, 1.165) is 47.3 Å². The highest BCUT2D eigenvalue weighted by atomic mass is 32.1. The maximum Gasteiger partial charge on any atom is 0.262 e. The molecule has 1 aromatic carbocycles. The van der Waals surface area contributed by atoms with E-state index in [0.29, 0.717) is 20.8 Å². The molecule has 3 aromatic heterocycles. The van der Waals surface area contributed by atoms with Crippen LogP contribution in [0.5, 0.6) is 0 Å². The number of nitrogens with one attached hydrogen (secondary N) is 1. The maximum absolute atomic E-state index is 13.2. The molecule has 0 atom stereocenters. The summed E-state index contributed by atoms with van der Waals surface area (Å²) in [6, 6.07) is 12.2. The van der Waals surface area contributed by atoms with Crippen LogP contribution in [0.2, 0.25) is 0 Å². The molecular weight excluding hydrogens is 452 g/mol. The number of benzene rings is 1. The number of carbonyl (C=O) groups excluding carboxylic acids is 1. The van der Waals surface area contributed by atoms with E-state index in [1.54, 1.807) is 0 Å². The third-order valence-electron chi connectivity index (χ3n) is 6.07. The van der Waals surface area contributed by atoms with Gasteiger partial charge < -0.3 is 5.32 Å². The first-order chi connectivity index (χ1) is 16.1. The molecule has 0 unspecified atom stereocenters. The average molecular weight is 475 g/mol. The van der Waals surface area contributed by atoms with Crippen LogP contribution in [0.25, 0.3) is 20.7 Å². The fourth-order valence-electron chi connectivity index (χ4n) is 4.37. The topological polar surface area (TPSA) is 87.8 Å². The van der Waals surface area contributed by atoms with Crippen LogP contribution >= 0.6 is 22.7 Å². The lowest BCUT2D eigenvalue weighted by atomic mass is 9.96. The molecule has 1 aliphatic carbocycles. The molecule has 3 heterocycles. The van der Waals surface area contributed by atoms with Crippen molar-refractivity contribution in [2.24, 2.45) is 0 Å². The number of carbonyl (C=O) groups is 1. The minimum Gasteiger partial charge on any atom is -0.317 e. The fraction of sp³-hybridized carbons (Fsp3) is 0.280. The Balaban J connectivity index is 1.35. The van der Waals surface area contributed by atoms with E-state index in [2.05, 4.69) is 16.4 Å². The lowest BCUT2D eigenvalue weighted by Crippen LogP contribution is -2.23. The molecule has 1 aliphatic rings. The summed E-state index contributed by atoms with van der Waals surface area (Å²) in [5, 5.41) is 13.7. The van der Waals surface area contributed by atoms with E-state index in [4.69, 9.17) is 0 Å². The van der Waals surface area contributed by atoms with Gasteiger partial charge in [-0.05, 0) is 49.3 Å². The third kappa shape index (κ3) is 3.99. The Labute approximate surface area is 199 Å². The van der Waals surface area contributed by atoms with Gasteiger partial charge in [0, 0.05) is 22.7 Å². The van der Waals surface area contributed by atoms with E-state index in [9.17, 15) is 14.9 Å². The minimum atomic E-state index is -0.205. The Morgan fingerprint density at radius 3 is 2.79 bits per heavy atom. The van der Waals surface area contributed by atoms with Gasteiger partial charge in [-0.15, -0.1) is 22.7 Å². The van der Waals surface area contributed by atoms with Crippen molar-refractivity contribution in [3.8, 4) is 16.5 Å². The molecule has 1 amide bonds. The summed E-state index contributed by atoms with van der Waals surface area (Å²) < 4.78 is 1.50. The molecule has 0 aliphatic heterocycles. The predicted octanol–water partition coefficient (Wildman–Crippen LogP) is 5.27. The molecule has 8 heteroatoms. The zero-order valence-electron chi connectivity index (χ0n) is 18.2. The molecular formula is C25H22N4O2S2. The van der Waals surface area contributed by atoms with Crippen LogP contribution in [0.15, 0.2) is 41.5 Å². The average Bonchev–Trinajstić information content (AvgIpc) is 3.36. The molecule has 6 nitrogen and oxygen atoms in total. The van der Waals surface area contributed by atoms with Crippen LogP contribution in [0.4, 0.5) is 5.00 Å². The highest BCUT2D eigenvalue weighted by molar-refractivity contribution is 7.22. The lowest BCUT2D eigenvalue weighted by Gasteiger charge is -2.09. The molecule has 0 spiro atoms. The van der Waals surface area contributed by atoms with Crippen molar-refractivity contribution < 1.29 is 4.79 Å². The summed E-state index contributed by atoms with van der Waals surface area (Å²) in [5.41, 5.74) is 3.55. The zero-order valence-corrected chi connectivity index (χ0v) is 19.8. The fourth-order valence-corrected chi connectivity index (χ4v) is 6.77. The van der Waals surface area contributed by atoms with Crippen molar-refractivity contribution >= 4 is 43.8 Å². The van der Waals surface area contributed by atoms with Gasteiger partial charge >= 0.3 is 0 Å². The molecule has 0 saturated carbocycles. The number of hydrogen-bond acceptors (Lipinski definition) is 6. The van der Waals surface area contributed by atoms with Crippen molar-refractivity contribution in [3.63, 3.8) is 0 Å². The number of nitriles is 1. The molecule has 0 fully saturated rings. The molecule has 5 rings (SSSR count). The summed E-state index contributed by atoms with van der Waals surface area (Å²) in [4.78, 5) is 33.3. The van der Waals surface area contributed by atoms with Gasteiger partial charge in [-0.25, -0.2) is 4.98 Å². The van der Waals surface area contributed by atoms with Gasteiger partial charge in [0.25, 0.3) is 5.56 Å². The predicted molar refractivity (Wildman–Crippen MR) is 133 cm³/mol. The SMILES string of the molecule is Cc1c(-c2ccccc2)sc2ncn(CCC(=O)Nc3sc4c(c3C#N)CCCC4)c(=O)c12. The first kappa shape index (κ1) is 21.6. The standard InChI is InChI=1S/C25H22N4O2S2/c1-15-21-24(33-22(15)16-7-3-2-4-8-16)27-14-29(25(21)31)12-11-20(30)28-23-18(13-26)17-9-5-6-10-19(17)32-23/h2-4,7-8,14H,5-6,9-12H2,1H3,(H,28,30). The molecule has 0 radical (unpaired) electrons. The third-order valence-corrected chi connectivity index (χ3v) is 8.53. The van der Waals surface area contributed by atoms with Gasteiger partial charge in [0.15, 0.2) is 0 Å². The van der Waals surface area contributed by atoms with E-state index in [-0.39, 0.29) is 24.4 Å². The van der Waals surface area contributed by atoms with Crippen molar-refractivity contribution in [2.75, 3.05) is 5.32 Å². The second-order valence-corrected chi connectivity index (χ2v) is 10.3. The Morgan fingerprint density at radius 2 is 2.00 bits per heavy atom. The number of hydrogen-bond donors (Lipinski definition) is 1. The number of aromatic nitrogens is 2. The van der Waals surface area contributed by atoms with Crippen molar-refractivity contribution in [2.45, 2.75) is 45.6 Å². The second-order valence-electron chi connectivity index (χ2n) is 8.17. The minimum absolute atomic E-state index is 0.131. The molecule has 4 aromatic rings. The summed E-state index contributed by atoms with van der Waals surface area (Å²) in [5.74, 6) is -0.205. The lowest BCUT2D eigenvalue weighted by molar-refractivity contribution is -0.116. The number of rotatable bonds is 5. The van der Waals surface area contributed by atoms with Gasteiger partial charge in [0.05, 0.1) is 17.3 Å². The van der Waals surface area contributed by atoms with E-state index >= 15 is 0 Å². The van der Waals surface area contributed by atoms with Crippen LogP contribution in [0.3, 0.4) is 0 Å². The molecule has 33 heavy (non-hydrogen) atoms. The number of anilines is 1. The molecule has 166 valence electrons. The van der Waals surface area contributed by atoms with E-state index in [1.807, 2.05) is 37.3 Å². The number of aryl methyl sites for hydroxylation is 3. The highest BCUT2D eigenvalue weighted by Gasteiger charge is 2.22. The summed E-state index contributed by atoms with van der Waals surface area (Å²) in [7, 11) is 0. The second kappa shape index (κ2) is 8.93. The zero-order chi connectivity index (χ0) is 22.9. The Bertz CT molecular complexity index is 1460. The highest BCUT2D eigenvalue weighted by Crippen LogP contribution is 2.38. The van der Waals surface area contributed by atoms with Gasteiger partial charge in [-0.1, -0.05) is 30.3 Å². The summed E-state index contributed by atoms with van der Waals surface area (Å²) in [6.45, 7) is 2.18. The van der Waals surface area contributed by atoms with E-state index < -0.39 is 0 Å². The number of thiophene rings is 2. The van der Waals surface area contributed by atoms with Crippen molar-refractivity contribution in [1.82, 2.24) is 9.55 Å². The Hall–Kier alpha value is -3.28. The molecule has 0 bridgehead atoms. The van der Waals surface area contributed by atoms with Crippen molar-refractivity contribution in [1.29, 1.82) is 5.26 Å². The Kier molecular flexibility index (Phi) is 5.83. The Morgan fingerprint density at radius 1 is 1.21 bits per heavy atom. The van der Waals surface area contributed by atoms with Gasteiger partial charge in [-0.3, -0.25) is 14.2 Å². The first-order valence-electron chi connectivity index (χ1n) is 10.9. The van der Waals surface area contributed by atoms with Crippen LogP contribution in [0.1, 0.15) is 40.8 Å². The van der Waals surface area contributed by atoms with Crippen LogP contribution in [-0.2, 0) is 24.2 Å². The quantitative estimate of drug-likeness (QED) is 0.427. The van der Waals surface area contributed by atoms with Crippen LogP contribution in [0, 0.1) is 18.3 Å². The van der Waals surface area contributed by atoms with Crippen molar-refractivity contribution in [3.05, 3.63) is 68.6 Å². The maximum atomic E-state index is 13.2. The molecule has 1 N–H and O–H groups in total. The molecule has 0 saturated heterocycles. The van der Waals surface area contributed by atoms with Crippen LogP contribution < -0.4 is 10.9 Å². The number of fused-ring (bicyclic) bond motifs is 2. The van der Waals surface area contributed by atoms with E-state index in [1.165, 1.54) is 38.4 Å². The number of amides is 1. The first-order valence-corrected chi connectivity index (χ1v) is 12.6. The normalized spacial score (nSPS) is 13.0. The van der Waals surface area contributed by atoms with Crippen LogP contribution in [-0.4, -0.2) is 15.5 Å². The van der Waals surface area contributed by atoms with Gasteiger partial charge in [0.2, 0.25) is 5.91 Å². The monoisotopic (exact) mass is 474 g/mol. The summed E-state index contributed by atoms with van der Waals surface area (Å²) in [6.07, 6.45) is 5.73. The smallest absolute Gasteiger partial charge is 0.262 e. The summed E-state index contributed by atoms with van der Waals surface area (Å²) >= 11 is 3.02. The van der Waals surface area contributed by atoms with Gasteiger partial charge in [-0.2, -0.15) is 5.26 Å².